The summed E-state index contributed by atoms with van der Waals surface area (Å²) < 4.78 is 5.66. The maximum Gasteiger partial charge on any atom is 0.234 e. The van der Waals surface area contributed by atoms with Crippen molar-refractivity contribution < 1.29 is 14.3 Å². The van der Waals surface area contributed by atoms with Gasteiger partial charge < -0.3 is 10.1 Å². The molecule has 1 N–H and O–H groups in total. The van der Waals surface area contributed by atoms with E-state index in [1.807, 2.05) is 25.8 Å². The van der Waals surface area contributed by atoms with Crippen molar-refractivity contribution in [2.45, 2.75) is 52.2 Å². The molecule has 1 saturated heterocycles. The van der Waals surface area contributed by atoms with Gasteiger partial charge in [-0.3, -0.25) is 14.5 Å². The van der Waals surface area contributed by atoms with Crippen LogP contribution in [0, 0.1) is 5.92 Å². The van der Waals surface area contributed by atoms with Crippen LogP contribution in [0.5, 0.6) is 0 Å². The molecule has 5 nitrogen and oxygen atoms in total. The van der Waals surface area contributed by atoms with Gasteiger partial charge in [-0.25, -0.2) is 0 Å². The molecule has 0 saturated carbocycles. The van der Waals surface area contributed by atoms with Crippen LogP contribution in [0.15, 0.2) is 0 Å². The van der Waals surface area contributed by atoms with E-state index in [2.05, 4.69) is 5.32 Å². The Bertz CT molecular complexity index is 325. The first-order chi connectivity index (χ1) is 9.40. The summed E-state index contributed by atoms with van der Waals surface area (Å²) in [5, 5.41) is 2.81. The number of hydrogen-bond donors (Lipinski definition) is 1. The smallest absolute Gasteiger partial charge is 0.234 e. The minimum absolute atomic E-state index is 0.00613. The van der Waals surface area contributed by atoms with Crippen molar-refractivity contribution >= 4 is 11.7 Å². The number of likely N-dealkylation sites (N-methyl/N-ethyl adjacent to an activating group) is 1. The molecule has 2 unspecified atom stereocenters. The quantitative estimate of drug-likeness (QED) is 0.763. The van der Waals surface area contributed by atoms with Gasteiger partial charge in [0.1, 0.15) is 0 Å². The van der Waals surface area contributed by atoms with E-state index in [1.54, 1.807) is 0 Å². The number of nitrogens with zero attached hydrogens (tertiary/aromatic N) is 1. The minimum atomic E-state index is -0.387. The van der Waals surface area contributed by atoms with Gasteiger partial charge in [0.05, 0.1) is 18.7 Å². The van der Waals surface area contributed by atoms with Crippen molar-refractivity contribution in [3.63, 3.8) is 0 Å². The number of hydrogen-bond acceptors (Lipinski definition) is 4. The number of ketones is 1. The first kappa shape index (κ1) is 17.1. The van der Waals surface area contributed by atoms with Crippen LogP contribution in [-0.2, 0) is 14.3 Å². The largest absolute Gasteiger partial charge is 0.377 e. The molecule has 1 aliphatic rings. The Morgan fingerprint density at radius 1 is 1.35 bits per heavy atom. The second kappa shape index (κ2) is 8.37. The second-order valence-corrected chi connectivity index (χ2v) is 6.09. The van der Waals surface area contributed by atoms with Gasteiger partial charge >= 0.3 is 0 Å². The molecule has 0 radical (unpaired) electrons. The van der Waals surface area contributed by atoms with E-state index in [0.29, 0.717) is 6.54 Å². The SMILES string of the molecule is CC(=O)C(NC(=O)CN(C)CC1CCCCO1)C(C)C. The molecule has 20 heavy (non-hydrogen) atoms. The van der Waals surface area contributed by atoms with E-state index in [-0.39, 0.29) is 29.8 Å². The van der Waals surface area contributed by atoms with Crippen molar-refractivity contribution in [1.29, 1.82) is 0 Å². The maximum atomic E-state index is 12.0. The predicted molar refractivity (Wildman–Crippen MR) is 78.5 cm³/mol. The van der Waals surface area contributed by atoms with Gasteiger partial charge in [-0.05, 0) is 39.2 Å². The average Bonchev–Trinajstić information content (AvgIpc) is 2.36. The van der Waals surface area contributed by atoms with Crippen LogP contribution in [0.25, 0.3) is 0 Å². The Morgan fingerprint density at radius 3 is 2.55 bits per heavy atom. The Hall–Kier alpha value is -0.940. The number of ether oxygens (including phenoxy) is 1. The van der Waals surface area contributed by atoms with Crippen LogP contribution in [0.3, 0.4) is 0 Å². The molecule has 0 aliphatic carbocycles. The second-order valence-electron chi connectivity index (χ2n) is 6.09. The van der Waals surface area contributed by atoms with Crippen LogP contribution in [0.4, 0.5) is 0 Å². The summed E-state index contributed by atoms with van der Waals surface area (Å²) in [6.07, 6.45) is 3.63. The van der Waals surface area contributed by atoms with Gasteiger partial charge in [0, 0.05) is 13.2 Å². The third-order valence-corrected chi connectivity index (χ3v) is 3.62. The van der Waals surface area contributed by atoms with E-state index >= 15 is 0 Å². The lowest BCUT2D eigenvalue weighted by Crippen LogP contribution is -2.47. The number of carbonyl (C=O) groups is 2. The maximum absolute atomic E-state index is 12.0. The number of carbonyl (C=O) groups excluding carboxylic acids is 2. The molecule has 116 valence electrons. The average molecular weight is 284 g/mol. The molecule has 0 spiro atoms. The van der Waals surface area contributed by atoms with Crippen molar-refractivity contribution in [3.8, 4) is 0 Å². The molecule has 0 aromatic heterocycles. The molecule has 1 rings (SSSR count). The molecule has 1 amide bonds. The number of amides is 1. The Labute approximate surface area is 122 Å². The molecule has 1 fully saturated rings. The zero-order chi connectivity index (χ0) is 15.1. The first-order valence-electron chi connectivity index (χ1n) is 7.50. The van der Waals surface area contributed by atoms with Crippen LogP contribution in [0.2, 0.25) is 0 Å². The van der Waals surface area contributed by atoms with Crippen LogP contribution in [0.1, 0.15) is 40.0 Å². The fourth-order valence-electron chi connectivity index (χ4n) is 2.57. The van der Waals surface area contributed by atoms with E-state index in [9.17, 15) is 9.59 Å². The van der Waals surface area contributed by atoms with E-state index < -0.39 is 0 Å². The standard InChI is InChI=1S/C15H28N2O3/c1-11(2)15(12(3)18)16-14(19)10-17(4)9-13-7-5-6-8-20-13/h11,13,15H,5-10H2,1-4H3,(H,16,19). The monoisotopic (exact) mass is 284 g/mol. The zero-order valence-electron chi connectivity index (χ0n) is 13.1. The summed E-state index contributed by atoms with van der Waals surface area (Å²) in [6.45, 7) is 7.28. The Kier molecular flexibility index (Phi) is 7.16. The Morgan fingerprint density at radius 2 is 2.05 bits per heavy atom. The van der Waals surface area contributed by atoms with Crippen LogP contribution >= 0.6 is 0 Å². The highest BCUT2D eigenvalue weighted by Crippen LogP contribution is 2.13. The molecule has 2 atom stereocenters. The summed E-state index contributed by atoms with van der Waals surface area (Å²) in [5.41, 5.74) is 0. The van der Waals surface area contributed by atoms with E-state index in [1.165, 1.54) is 13.3 Å². The highest BCUT2D eigenvalue weighted by atomic mass is 16.5. The van der Waals surface area contributed by atoms with E-state index in [4.69, 9.17) is 4.74 Å². The lowest BCUT2D eigenvalue weighted by molar-refractivity contribution is -0.128. The molecule has 1 aliphatic heterocycles. The molecular weight excluding hydrogens is 256 g/mol. The predicted octanol–water partition coefficient (Wildman–Crippen LogP) is 1.22. The van der Waals surface area contributed by atoms with Crippen molar-refractivity contribution in [3.05, 3.63) is 0 Å². The highest BCUT2D eigenvalue weighted by Gasteiger charge is 2.22. The molecule has 1 heterocycles. The fraction of sp³-hybridized carbons (Fsp3) is 0.867. The molecule has 0 aromatic carbocycles. The number of nitrogens with one attached hydrogen (secondary N) is 1. The van der Waals surface area contributed by atoms with Gasteiger partial charge in [0.25, 0.3) is 0 Å². The lowest BCUT2D eigenvalue weighted by Gasteiger charge is -2.27. The van der Waals surface area contributed by atoms with Gasteiger partial charge in [0.2, 0.25) is 5.91 Å². The highest BCUT2D eigenvalue weighted by molar-refractivity contribution is 5.88. The number of Topliss-reactive ketones (excluding diaryl/α,β-unsaturated/α-hetero) is 1. The van der Waals surface area contributed by atoms with Gasteiger partial charge in [-0.15, -0.1) is 0 Å². The Balaban J connectivity index is 2.34. The molecule has 0 aromatic rings. The third kappa shape index (κ3) is 6.01. The summed E-state index contributed by atoms with van der Waals surface area (Å²) in [7, 11) is 1.91. The lowest BCUT2D eigenvalue weighted by atomic mass is 10.0. The van der Waals surface area contributed by atoms with Crippen molar-refractivity contribution in [1.82, 2.24) is 10.2 Å². The van der Waals surface area contributed by atoms with Gasteiger partial charge in [-0.1, -0.05) is 13.8 Å². The molecule has 0 bridgehead atoms. The first-order valence-corrected chi connectivity index (χ1v) is 7.50. The summed E-state index contributed by atoms with van der Waals surface area (Å²) in [6, 6.07) is -0.387. The molecule has 5 heteroatoms. The zero-order valence-corrected chi connectivity index (χ0v) is 13.1. The number of rotatable bonds is 7. The minimum Gasteiger partial charge on any atom is -0.377 e. The third-order valence-electron chi connectivity index (χ3n) is 3.62. The van der Waals surface area contributed by atoms with E-state index in [0.717, 1.165) is 26.0 Å². The van der Waals surface area contributed by atoms with Crippen LogP contribution in [-0.4, -0.2) is 55.5 Å². The fourth-order valence-corrected chi connectivity index (χ4v) is 2.57. The van der Waals surface area contributed by atoms with Crippen molar-refractivity contribution in [2.75, 3.05) is 26.7 Å². The summed E-state index contributed by atoms with van der Waals surface area (Å²) >= 11 is 0. The van der Waals surface area contributed by atoms with Gasteiger partial charge in [0.15, 0.2) is 5.78 Å². The normalized spacial score (nSPS) is 21.0. The van der Waals surface area contributed by atoms with Crippen LogP contribution < -0.4 is 5.32 Å². The summed E-state index contributed by atoms with van der Waals surface area (Å²) in [4.78, 5) is 25.4. The molecular formula is C15H28N2O3. The van der Waals surface area contributed by atoms with Gasteiger partial charge in [-0.2, -0.15) is 0 Å². The van der Waals surface area contributed by atoms with Crippen molar-refractivity contribution in [2.24, 2.45) is 5.92 Å². The summed E-state index contributed by atoms with van der Waals surface area (Å²) in [5.74, 6) is 0.0206. The topological polar surface area (TPSA) is 58.6 Å².